The number of hydrogen-bond donors (Lipinski definition) is 1. The Balaban J connectivity index is 1.80. The summed E-state index contributed by atoms with van der Waals surface area (Å²) in [5.41, 5.74) is 0.0714. The van der Waals surface area contributed by atoms with Crippen LogP contribution in [-0.2, 0) is 14.8 Å². The molecule has 0 saturated heterocycles. The number of halogens is 1. The maximum atomic E-state index is 12.3. The van der Waals surface area contributed by atoms with Gasteiger partial charge in [-0.25, -0.2) is 17.7 Å². The molecule has 2 aromatic rings. The fourth-order valence-corrected chi connectivity index (χ4v) is 3.91. The summed E-state index contributed by atoms with van der Waals surface area (Å²) in [6, 6.07) is 9.09. The van der Waals surface area contributed by atoms with Crippen molar-refractivity contribution < 1.29 is 18.0 Å². The van der Waals surface area contributed by atoms with Crippen molar-refractivity contribution >= 4 is 43.6 Å². The van der Waals surface area contributed by atoms with Gasteiger partial charge in [0.1, 0.15) is 17.3 Å². The number of sulfonamides is 1. The number of carbonyl (C=O) groups is 2. The van der Waals surface area contributed by atoms with E-state index < -0.39 is 28.4 Å². The molecule has 0 spiro atoms. The molecule has 0 fully saturated rings. The highest BCUT2D eigenvalue weighted by molar-refractivity contribution is 9.10. The normalized spacial score (nSPS) is 15.3. The quantitative estimate of drug-likeness (QED) is 0.851. The molecule has 2 heterocycles. The number of carbonyl (C=O) groups excluding carboxylic acids is 2. The lowest BCUT2D eigenvalue weighted by atomic mass is 10.2. The topological polar surface area (TPSA) is 96.4 Å². The largest absolute Gasteiger partial charge is 0.309 e. The first-order valence-electron chi connectivity index (χ1n) is 6.47. The maximum absolute atomic E-state index is 12.3. The van der Waals surface area contributed by atoms with Crippen molar-refractivity contribution in [1.82, 2.24) is 9.29 Å². The molecule has 2 amide bonds. The third kappa shape index (κ3) is 2.84. The molecule has 1 N–H and O–H groups in total. The van der Waals surface area contributed by atoms with E-state index in [1.807, 2.05) is 0 Å². The number of pyridine rings is 1. The van der Waals surface area contributed by atoms with E-state index in [-0.39, 0.29) is 16.3 Å². The number of amides is 2. The first kappa shape index (κ1) is 15.6. The minimum Gasteiger partial charge on any atom is -0.309 e. The van der Waals surface area contributed by atoms with E-state index in [4.69, 9.17) is 0 Å². The number of rotatable bonds is 3. The average molecular weight is 396 g/mol. The van der Waals surface area contributed by atoms with Crippen LogP contribution in [0.4, 0.5) is 5.82 Å². The Labute approximate surface area is 140 Å². The zero-order chi connectivity index (χ0) is 16.6. The summed E-state index contributed by atoms with van der Waals surface area (Å²) in [6.45, 7) is -0.604. The Morgan fingerprint density at radius 3 is 2.61 bits per heavy atom. The van der Waals surface area contributed by atoms with E-state index in [0.29, 0.717) is 4.31 Å². The van der Waals surface area contributed by atoms with Crippen LogP contribution in [0.5, 0.6) is 0 Å². The lowest BCUT2D eigenvalue weighted by molar-refractivity contribution is -0.116. The highest BCUT2D eigenvalue weighted by atomic mass is 79.9. The third-order valence-electron chi connectivity index (χ3n) is 3.19. The Kier molecular flexibility index (Phi) is 3.90. The number of benzene rings is 1. The van der Waals surface area contributed by atoms with Crippen LogP contribution in [0.2, 0.25) is 0 Å². The predicted molar refractivity (Wildman–Crippen MR) is 85.2 cm³/mol. The second-order valence-corrected chi connectivity index (χ2v) is 7.47. The molecule has 3 rings (SSSR count). The van der Waals surface area contributed by atoms with Gasteiger partial charge in [-0.05, 0) is 40.2 Å². The predicted octanol–water partition coefficient (Wildman–Crippen LogP) is 1.63. The summed E-state index contributed by atoms with van der Waals surface area (Å²) in [6.07, 6.45) is 1.49. The van der Waals surface area contributed by atoms with Crippen molar-refractivity contribution in [3.8, 4) is 0 Å². The monoisotopic (exact) mass is 395 g/mol. The van der Waals surface area contributed by atoms with Gasteiger partial charge in [0.15, 0.2) is 0 Å². The van der Waals surface area contributed by atoms with Crippen molar-refractivity contribution in [2.75, 3.05) is 11.9 Å². The zero-order valence-electron chi connectivity index (χ0n) is 11.6. The Hall–Kier alpha value is -2.26. The Bertz CT molecular complexity index is 896. The number of anilines is 1. The van der Waals surface area contributed by atoms with Crippen LogP contribution in [0.25, 0.3) is 0 Å². The summed E-state index contributed by atoms with van der Waals surface area (Å²) in [5, 5.41) is 2.45. The molecule has 1 aliphatic rings. The standard InChI is InChI=1S/C14H10BrN3O4S/c15-9-5-6-12(16-7-9)17-13(19)8-18-14(20)10-3-1-2-4-11(10)23(18,21)22/h1-7H,8H2,(H,16,17,19). The molecule has 0 unspecified atom stereocenters. The van der Waals surface area contributed by atoms with Gasteiger partial charge < -0.3 is 5.32 Å². The SMILES string of the molecule is O=C(CN1C(=O)c2ccccc2S1(=O)=O)Nc1ccc(Br)cn1. The number of aromatic nitrogens is 1. The van der Waals surface area contributed by atoms with E-state index in [2.05, 4.69) is 26.2 Å². The molecule has 7 nitrogen and oxygen atoms in total. The highest BCUT2D eigenvalue weighted by Gasteiger charge is 2.41. The summed E-state index contributed by atoms with van der Waals surface area (Å²) in [4.78, 5) is 28.1. The summed E-state index contributed by atoms with van der Waals surface area (Å²) >= 11 is 3.21. The summed E-state index contributed by atoms with van der Waals surface area (Å²) < 4.78 is 26.0. The van der Waals surface area contributed by atoms with Crippen LogP contribution < -0.4 is 5.32 Å². The molecular formula is C14H10BrN3O4S. The summed E-state index contributed by atoms with van der Waals surface area (Å²) in [7, 11) is -3.99. The van der Waals surface area contributed by atoms with Crippen molar-refractivity contribution in [3.05, 3.63) is 52.6 Å². The lowest BCUT2D eigenvalue weighted by Gasteiger charge is -2.14. The molecule has 0 radical (unpaired) electrons. The smallest absolute Gasteiger partial charge is 0.269 e. The molecule has 0 atom stereocenters. The molecule has 0 aliphatic carbocycles. The van der Waals surface area contributed by atoms with Crippen molar-refractivity contribution in [1.29, 1.82) is 0 Å². The van der Waals surface area contributed by atoms with Crippen molar-refractivity contribution in [2.24, 2.45) is 0 Å². The second kappa shape index (κ2) is 5.74. The van der Waals surface area contributed by atoms with Crippen LogP contribution in [0.1, 0.15) is 10.4 Å². The molecule has 1 aliphatic heterocycles. The van der Waals surface area contributed by atoms with E-state index in [1.54, 1.807) is 18.2 Å². The zero-order valence-corrected chi connectivity index (χ0v) is 14.0. The fraction of sp³-hybridized carbons (Fsp3) is 0.0714. The fourth-order valence-electron chi connectivity index (χ4n) is 2.15. The van der Waals surface area contributed by atoms with Gasteiger partial charge in [-0.1, -0.05) is 12.1 Å². The minimum absolute atomic E-state index is 0.0714. The molecule has 118 valence electrons. The van der Waals surface area contributed by atoms with E-state index >= 15 is 0 Å². The molecule has 0 bridgehead atoms. The van der Waals surface area contributed by atoms with Crippen molar-refractivity contribution in [3.63, 3.8) is 0 Å². The maximum Gasteiger partial charge on any atom is 0.269 e. The van der Waals surface area contributed by atoms with E-state index in [1.165, 1.54) is 24.4 Å². The van der Waals surface area contributed by atoms with Gasteiger partial charge in [0, 0.05) is 10.7 Å². The van der Waals surface area contributed by atoms with Gasteiger partial charge >= 0.3 is 0 Å². The second-order valence-electron chi connectivity index (χ2n) is 4.72. The van der Waals surface area contributed by atoms with Crippen LogP contribution in [0, 0.1) is 0 Å². The highest BCUT2D eigenvalue weighted by Crippen LogP contribution is 2.29. The van der Waals surface area contributed by atoms with Gasteiger partial charge in [0.05, 0.1) is 5.56 Å². The molecule has 1 aromatic heterocycles. The van der Waals surface area contributed by atoms with Crippen LogP contribution in [0.3, 0.4) is 0 Å². The average Bonchev–Trinajstić information content (AvgIpc) is 2.71. The number of nitrogens with one attached hydrogen (secondary N) is 1. The molecule has 9 heteroatoms. The van der Waals surface area contributed by atoms with Gasteiger partial charge in [0.25, 0.3) is 15.9 Å². The van der Waals surface area contributed by atoms with Crippen LogP contribution in [-0.4, -0.2) is 36.1 Å². The minimum atomic E-state index is -3.99. The van der Waals surface area contributed by atoms with Crippen molar-refractivity contribution in [2.45, 2.75) is 4.90 Å². The molecule has 0 saturated carbocycles. The van der Waals surface area contributed by atoms with Gasteiger partial charge in [-0.3, -0.25) is 9.59 Å². The Morgan fingerprint density at radius 2 is 1.96 bits per heavy atom. The Morgan fingerprint density at radius 1 is 1.22 bits per heavy atom. The van der Waals surface area contributed by atoms with Gasteiger partial charge in [-0.2, -0.15) is 0 Å². The third-order valence-corrected chi connectivity index (χ3v) is 5.45. The lowest BCUT2D eigenvalue weighted by Crippen LogP contribution is -2.37. The van der Waals surface area contributed by atoms with E-state index in [0.717, 1.165) is 4.47 Å². The first-order chi connectivity index (χ1) is 10.9. The van der Waals surface area contributed by atoms with Gasteiger partial charge in [0.2, 0.25) is 5.91 Å². The number of hydrogen-bond acceptors (Lipinski definition) is 5. The molecule has 23 heavy (non-hydrogen) atoms. The van der Waals surface area contributed by atoms with Crippen LogP contribution >= 0.6 is 15.9 Å². The molecular weight excluding hydrogens is 386 g/mol. The summed E-state index contributed by atoms with van der Waals surface area (Å²) in [5.74, 6) is -1.09. The first-order valence-corrected chi connectivity index (χ1v) is 8.70. The van der Waals surface area contributed by atoms with E-state index in [9.17, 15) is 18.0 Å². The van der Waals surface area contributed by atoms with Gasteiger partial charge in [-0.15, -0.1) is 0 Å². The molecule has 1 aromatic carbocycles. The number of nitrogens with zero attached hydrogens (tertiary/aromatic N) is 2. The van der Waals surface area contributed by atoms with Crippen LogP contribution in [0.15, 0.2) is 52.0 Å². The number of fused-ring (bicyclic) bond motifs is 1.